The van der Waals surface area contributed by atoms with E-state index in [1.165, 1.54) is 7.11 Å². The van der Waals surface area contributed by atoms with E-state index in [2.05, 4.69) is 0 Å². The number of amides is 1. The molecule has 2 rings (SSSR count). The summed E-state index contributed by atoms with van der Waals surface area (Å²) >= 11 is 0. The number of methoxy groups -OCH3 is 1. The highest BCUT2D eigenvalue weighted by molar-refractivity contribution is 5.84. The van der Waals surface area contributed by atoms with Gasteiger partial charge in [-0.15, -0.1) is 0 Å². The van der Waals surface area contributed by atoms with Gasteiger partial charge in [-0.1, -0.05) is 19.8 Å². The van der Waals surface area contributed by atoms with Gasteiger partial charge in [-0.2, -0.15) is 0 Å². The van der Waals surface area contributed by atoms with Gasteiger partial charge in [-0.25, -0.2) is 0 Å². The zero-order valence-electron chi connectivity index (χ0n) is 12.5. The van der Waals surface area contributed by atoms with Gasteiger partial charge in [-0.05, 0) is 25.7 Å². The number of esters is 1. The maximum Gasteiger partial charge on any atom is 0.325 e. The zero-order chi connectivity index (χ0) is 14.5. The smallest absolute Gasteiger partial charge is 0.325 e. The minimum atomic E-state index is -0.336. The summed E-state index contributed by atoms with van der Waals surface area (Å²) in [4.78, 5) is 26.1. The first-order chi connectivity index (χ1) is 9.67. The van der Waals surface area contributed by atoms with Crippen LogP contribution in [0.3, 0.4) is 0 Å². The highest BCUT2D eigenvalue weighted by Gasteiger charge is 2.39. The molecule has 1 aliphatic carbocycles. The average molecular weight is 283 g/mol. The Balaban J connectivity index is 2.08. The lowest BCUT2D eigenvalue weighted by Gasteiger charge is -2.31. The van der Waals surface area contributed by atoms with Crippen LogP contribution in [0.1, 0.15) is 45.4 Å². The molecule has 1 heterocycles. The van der Waals surface area contributed by atoms with E-state index in [0.717, 1.165) is 38.5 Å². The molecule has 1 amide bonds. The highest BCUT2D eigenvalue weighted by Crippen LogP contribution is 2.30. The lowest BCUT2D eigenvalue weighted by atomic mass is 9.97. The first-order valence-electron chi connectivity index (χ1n) is 7.66. The van der Waals surface area contributed by atoms with Crippen LogP contribution in [0, 0.1) is 5.92 Å². The molecule has 5 nitrogen and oxygen atoms in total. The lowest BCUT2D eigenvalue weighted by Crippen LogP contribution is -2.47. The zero-order valence-corrected chi connectivity index (χ0v) is 12.5. The molecule has 0 aromatic carbocycles. The third kappa shape index (κ3) is 3.32. The Hall–Kier alpha value is -1.10. The van der Waals surface area contributed by atoms with Crippen molar-refractivity contribution in [3.63, 3.8) is 0 Å². The van der Waals surface area contributed by atoms with Crippen molar-refractivity contribution >= 4 is 11.9 Å². The quantitative estimate of drug-likeness (QED) is 0.721. The van der Waals surface area contributed by atoms with Crippen molar-refractivity contribution in [1.82, 2.24) is 4.90 Å². The van der Waals surface area contributed by atoms with E-state index in [9.17, 15) is 9.59 Å². The number of hydrogen-bond donors (Lipinski definition) is 0. The summed E-state index contributed by atoms with van der Waals surface area (Å²) in [7, 11) is 1.37. The summed E-state index contributed by atoms with van der Waals surface area (Å²) in [5, 5.41) is 0. The van der Waals surface area contributed by atoms with Crippen molar-refractivity contribution < 1.29 is 19.1 Å². The second kappa shape index (κ2) is 7.07. The van der Waals surface area contributed by atoms with Gasteiger partial charge in [0.05, 0.1) is 19.1 Å². The molecule has 0 spiro atoms. The summed E-state index contributed by atoms with van der Waals surface area (Å²) in [6.45, 7) is 2.76. The second-order valence-electron chi connectivity index (χ2n) is 5.69. The minimum Gasteiger partial charge on any atom is -0.468 e. The summed E-state index contributed by atoms with van der Waals surface area (Å²) in [5.41, 5.74) is 0. The van der Waals surface area contributed by atoms with Crippen LogP contribution in [0.4, 0.5) is 0 Å². The topological polar surface area (TPSA) is 55.8 Å². The molecular formula is C15H25NO4. The van der Waals surface area contributed by atoms with Crippen LogP contribution in [-0.4, -0.2) is 49.2 Å². The Morgan fingerprint density at radius 3 is 2.55 bits per heavy atom. The van der Waals surface area contributed by atoms with Crippen LogP contribution >= 0.6 is 0 Å². The van der Waals surface area contributed by atoms with Gasteiger partial charge in [-0.3, -0.25) is 9.59 Å². The molecule has 0 radical (unpaired) electrons. The van der Waals surface area contributed by atoms with E-state index in [0.29, 0.717) is 6.61 Å². The van der Waals surface area contributed by atoms with Crippen LogP contribution < -0.4 is 0 Å². The van der Waals surface area contributed by atoms with E-state index < -0.39 is 0 Å². The van der Waals surface area contributed by atoms with Crippen molar-refractivity contribution in [1.29, 1.82) is 0 Å². The van der Waals surface area contributed by atoms with E-state index in [-0.39, 0.29) is 36.5 Å². The summed E-state index contributed by atoms with van der Waals surface area (Å²) in [6, 6.07) is 0.194. The van der Waals surface area contributed by atoms with Gasteiger partial charge >= 0.3 is 5.97 Å². The Kier molecular flexibility index (Phi) is 5.40. The van der Waals surface area contributed by atoms with E-state index in [1.807, 2.05) is 6.92 Å². The Bertz CT molecular complexity index is 352. The molecule has 1 aliphatic heterocycles. The summed E-state index contributed by atoms with van der Waals surface area (Å²) < 4.78 is 10.4. The molecule has 0 N–H and O–H groups in total. The van der Waals surface area contributed by atoms with E-state index >= 15 is 0 Å². The van der Waals surface area contributed by atoms with Crippen LogP contribution in [0.5, 0.6) is 0 Å². The first-order valence-corrected chi connectivity index (χ1v) is 7.66. The molecule has 2 fully saturated rings. The lowest BCUT2D eigenvalue weighted by molar-refractivity contribution is -0.151. The van der Waals surface area contributed by atoms with Gasteiger partial charge in [0, 0.05) is 12.6 Å². The van der Waals surface area contributed by atoms with Crippen LogP contribution in [-0.2, 0) is 19.1 Å². The molecule has 2 unspecified atom stereocenters. The molecule has 2 atom stereocenters. The highest BCUT2D eigenvalue weighted by atomic mass is 16.5. The van der Waals surface area contributed by atoms with Gasteiger partial charge in [0.25, 0.3) is 0 Å². The standard InChI is InChI=1S/C15H25NO4/c1-3-13-12(8-9-20-13)15(18)16(10-14(17)19-2)11-6-4-5-7-11/h11-13H,3-10H2,1-2H3. The van der Waals surface area contributed by atoms with Crippen LogP contribution in [0.2, 0.25) is 0 Å². The normalized spacial score (nSPS) is 26.7. The molecule has 20 heavy (non-hydrogen) atoms. The Morgan fingerprint density at radius 1 is 1.25 bits per heavy atom. The largest absolute Gasteiger partial charge is 0.468 e. The second-order valence-corrected chi connectivity index (χ2v) is 5.69. The Labute approximate surface area is 120 Å². The molecule has 114 valence electrons. The molecule has 0 bridgehead atoms. The fourth-order valence-electron chi connectivity index (χ4n) is 3.35. The minimum absolute atomic E-state index is 0.00375. The molecule has 5 heteroatoms. The number of carbonyl (C=O) groups excluding carboxylic acids is 2. The monoisotopic (exact) mass is 283 g/mol. The summed E-state index contributed by atoms with van der Waals surface area (Å²) in [6.07, 6.45) is 5.86. The maximum atomic E-state index is 12.8. The molecule has 0 aromatic heterocycles. The molecule has 2 aliphatic rings. The Morgan fingerprint density at radius 2 is 1.95 bits per heavy atom. The van der Waals surface area contributed by atoms with Gasteiger partial charge in [0.2, 0.25) is 5.91 Å². The van der Waals surface area contributed by atoms with Gasteiger partial charge < -0.3 is 14.4 Å². The molecule has 1 saturated heterocycles. The number of nitrogens with zero attached hydrogens (tertiary/aromatic N) is 1. The third-order valence-electron chi connectivity index (χ3n) is 4.50. The average Bonchev–Trinajstić information content (AvgIpc) is 3.13. The summed E-state index contributed by atoms with van der Waals surface area (Å²) in [5.74, 6) is -0.353. The van der Waals surface area contributed by atoms with Crippen molar-refractivity contribution in [2.24, 2.45) is 5.92 Å². The molecule has 0 aromatic rings. The first kappa shape index (κ1) is 15.3. The van der Waals surface area contributed by atoms with Crippen molar-refractivity contribution in [2.45, 2.75) is 57.6 Å². The van der Waals surface area contributed by atoms with E-state index in [1.54, 1.807) is 4.90 Å². The van der Waals surface area contributed by atoms with Gasteiger partial charge in [0.15, 0.2) is 0 Å². The SMILES string of the molecule is CCC1OCCC1C(=O)N(CC(=O)OC)C1CCCC1. The predicted molar refractivity (Wildman–Crippen MR) is 74.1 cm³/mol. The fraction of sp³-hybridized carbons (Fsp3) is 0.867. The predicted octanol–water partition coefficient (Wildman–Crippen LogP) is 1.75. The molecular weight excluding hydrogens is 258 g/mol. The van der Waals surface area contributed by atoms with Crippen molar-refractivity contribution in [3.05, 3.63) is 0 Å². The number of ether oxygens (including phenoxy) is 2. The van der Waals surface area contributed by atoms with Gasteiger partial charge in [0.1, 0.15) is 6.54 Å². The molecule has 1 saturated carbocycles. The number of rotatable bonds is 5. The maximum absolute atomic E-state index is 12.8. The third-order valence-corrected chi connectivity index (χ3v) is 4.50. The van der Waals surface area contributed by atoms with Crippen LogP contribution in [0.25, 0.3) is 0 Å². The fourth-order valence-corrected chi connectivity index (χ4v) is 3.35. The van der Waals surface area contributed by atoms with E-state index in [4.69, 9.17) is 9.47 Å². The van der Waals surface area contributed by atoms with Crippen LogP contribution in [0.15, 0.2) is 0 Å². The van der Waals surface area contributed by atoms with Crippen molar-refractivity contribution in [3.8, 4) is 0 Å². The van der Waals surface area contributed by atoms with Crippen molar-refractivity contribution in [2.75, 3.05) is 20.3 Å². The number of hydrogen-bond acceptors (Lipinski definition) is 4. The number of carbonyl (C=O) groups is 2.